The molecule has 0 aromatic carbocycles. The fourth-order valence-corrected chi connectivity index (χ4v) is 4.79. The van der Waals surface area contributed by atoms with Crippen LogP contribution in [0.1, 0.15) is 180 Å². The lowest BCUT2D eigenvalue weighted by Gasteiger charge is -2.10. The van der Waals surface area contributed by atoms with Crippen LogP contribution in [0.15, 0.2) is 0 Å². The van der Waals surface area contributed by atoms with Crippen LogP contribution >= 0.6 is 0 Å². The molecule has 0 radical (unpaired) electrons. The molecule has 0 fully saturated rings. The maximum absolute atomic E-state index is 10.4. The molecule has 0 aliphatic rings. The molecule has 3 heteroatoms. The first-order chi connectivity index (χ1) is 16.2. The van der Waals surface area contributed by atoms with Crippen molar-refractivity contribution in [3.8, 4) is 0 Å². The van der Waals surface area contributed by atoms with Crippen molar-refractivity contribution < 1.29 is 15.0 Å². The predicted molar refractivity (Wildman–Crippen MR) is 144 cm³/mol. The molecule has 0 rings (SSSR count). The number of hydrogen-bond acceptors (Lipinski definition) is 2. The summed E-state index contributed by atoms with van der Waals surface area (Å²) in [6.07, 6.45) is 33.8. The highest BCUT2D eigenvalue weighted by Gasteiger charge is 2.03. The fraction of sp³-hybridized carbons (Fsp3) is 0.967. The molecule has 0 saturated heterocycles. The van der Waals surface area contributed by atoms with E-state index in [1.807, 2.05) is 0 Å². The average molecular weight is 469 g/mol. The number of carbonyl (C=O) groups is 1. The Labute approximate surface area is 207 Å². The van der Waals surface area contributed by atoms with Gasteiger partial charge in [-0.3, -0.25) is 4.79 Å². The van der Waals surface area contributed by atoms with Gasteiger partial charge < -0.3 is 10.2 Å². The molecular weight excluding hydrogens is 408 g/mol. The van der Waals surface area contributed by atoms with Crippen LogP contribution in [0.5, 0.6) is 0 Å². The van der Waals surface area contributed by atoms with E-state index in [0.717, 1.165) is 25.7 Å². The second-order valence-electron chi connectivity index (χ2n) is 10.5. The Morgan fingerprint density at radius 1 is 0.485 bits per heavy atom. The molecule has 0 heterocycles. The molecular formula is C30H60O3. The summed E-state index contributed by atoms with van der Waals surface area (Å²) in [4.78, 5) is 10.4. The Bertz CT molecular complexity index is 383. The number of carboxylic acids is 1. The van der Waals surface area contributed by atoms with Gasteiger partial charge in [-0.1, -0.05) is 155 Å². The minimum atomic E-state index is -0.656. The van der Waals surface area contributed by atoms with E-state index >= 15 is 0 Å². The number of aliphatic hydroxyl groups excluding tert-OH is 1. The van der Waals surface area contributed by atoms with Gasteiger partial charge in [-0.05, 0) is 19.3 Å². The number of carboxylic acid groups (broad SMARTS) is 1. The molecule has 1 atom stereocenters. The first kappa shape index (κ1) is 32.4. The molecule has 2 N–H and O–H groups in total. The monoisotopic (exact) mass is 468 g/mol. The summed E-state index contributed by atoms with van der Waals surface area (Å²) in [5.74, 6) is -0.656. The van der Waals surface area contributed by atoms with Crippen molar-refractivity contribution in [2.75, 3.05) is 0 Å². The number of unbranched alkanes of at least 4 members (excludes halogenated alkanes) is 22. The van der Waals surface area contributed by atoms with Gasteiger partial charge in [-0.25, -0.2) is 0 Å². The summed E-state index contributed by atoms with van der Waals surface area (Å²) in [7, 11) is 0. The standard InChI is InChI=1S/C30H60O3/c1-2-3-4-5-20-23-26-29(31)27-24-21-18-16-14-12-10-8-6-7-9-11-13-15-17-19-22-25-28-30(32)33/h29,31H,2-28H2,1H3,(H,32,33). The van der Waals surface area contributed by atoms with Gasteiger partial charge in [0.1, 0.15) is 0 Å². The second kappa shape index (κ2) is 27.7. The minimum absolute atomic E-state index is 0.0494. The zero-order valence-corrected chi connectivity index (χ0v) is 22.5. The van der Waals surface area contributed by atoms with Crippen LogP contribution in [0.4, 0.5) is 0 Å². The van der Waals surface area contributed by atoms with Crippen molar-refractivity contribution in [2.24, 2.45) is 0 Å². The van der Waals surface area contributed by atoms with Crippen molar-refractivity contribution in [3.63, 3.8) is 0 Å². The molecule has 0 spiro atoms. The summed E-state index contributed by atoms with van der Waals surface area (Å²) >= 11 is 0. The molecule has 0 aliphatic heterocycles. The topological polar surface area (TPSA) is 57.5 Å². The van der Waals surface area contributed by atoms with E-state index in [9.17, 15) is 9.90 Å². The first-order valence-corrected chi connectivity index (χ1v) is 15.1. The molecule has 0 bridgehead atoms. The Morgan fingerprint density at radius 2 is 0.758 bits per heavy atom. The molecule has 198 valence electrons. The van der Waals surface area contributed by atoms with Crippen LogP contribution in [-0.4, -0.2) is 22.3 Å². The van der Waals surface area contributed by atoms with Crippen LogP contribution in [-0.2, 0) is 4.79 Å². The quantitative estimate of drug-likeness (QED) is 0.112. The maximum Gasteiger partial charge on any atom is 0.303 e. The Hall–Kier alpha value is -0.570. The minimum Gasteiger partial charge on any atom is -0.481 e. The lowest BCUT2D eigenvalue weighted by atomic mass is 10.0. The van der Waals surface area contributed by atoms with Gasteiger partial charge in [0.2, 0.25) is 0 Å². The zero-order chi connectivity index (χ0) is 24.2. The maximum atomic E-state index is 10.4. The smallest absolute Gasteiger partial charge is 0.303 e. The first-order valence-electron chi connectivity index (χ1n) is 15.1. The van der Waals surface area contributed by atoms with Crippen molar-refractivity contribution in [2.45, 2.75) is 186 Å². The molecule has 3 nitrogen and oxygen atoms in total. The molecule has 0 aromatic rings. The number of aliphatic carboxylic acids is 1. The lowest BCUT2D eigenvalue weighted by molar-refractivity contribution is -0.137. The number of rotatable bonds is 28. The third-order valence-electron chi connectivity index (χ3n) is 7.07. The zero-order valence-electron chi connectivity index (χ0n) is 22.5. The van der Waals surface area contributed by atoms with Gasteiger partial charge in [0.15, 0.2) is 0 Å². The van der Waals surface area contributed by atoms with Crippen LogP contribution in [0.3, 0.4) is 0 Å². The normalized spacial score (nSPS) is 12.3. The summed E-state index contributed by atoms with van der Waals surface area (Å²) in [5.41, 5.74) is 0. The second-order valence-corrected chi connectivity index (χ2v) is 10.5. The van der Waals surface area contributed by atoms with Crippen LogP contribution in [0, 0.1) is 0 Å². The highest BCUT2D eigenvalue weighted by Crippen LogP contribution is 2.16. The molecule has 1 unspecified atom stereocenters. The predicted octanol–water partition coefficient (Wildman–Crippen LogP) is 9.98. The summed E-state index contributed by atoms with van der Waals surface area (Å²) in [5, 5.41) is 18.7. The Kier molecular flexibility index (Phi) is 27.2. The van der Waals surface area contributed by atoms with E-state index in [1.165, 1.54) is 141 Å². The molecule has 0 amide bonds. The molecule has 33 heavy (non-hydrogen) atoms. The van der Waals surface area contributed by atoms with Crippen molar-refractivity contribution in [1.82, 2.24) is 0 Å². The Balaban J connectivity index is 3.10. The summed E-state index contributed by atoms with van der Waals surface area (Å²) in [6, 6.07) is 0. The van der Waals surface area contributed by atoms with Crippen LogP contribution < -0.4 is 0 Å². The van der Waals surface area contributed by atoms with E-state index in [0.29, 0.717) is 6.42 Å². The molecule has 0 aromatic heterocycles. The Morgan fingerprint density at radius 3 is 1.06 bits per heavy atom. The van der Waals surface area contributed by atoms with Gasteiger partial charge in [0.05, 0.1) is 6.10 Å². The van der Waals surface area contributed by atoms with E-state index in [-0.39, 0.29) is 6.10 Å². The van der Waals surface area contributed by atoms with Crippen molar-refractivity contribution >= 4 is 5.97 Å². The SMILES string of the molecule is CCCCCCCCC(O)CCCCCCCCCCCCCCCCCCCCC(=O)O. The molecule has 0 aliphatic carbocycles. The third kappa shape index (κ3) is 29.4. The van der Waals surface area contributed by atoms with E-state index in [1.54, 1.807) is 0 Å². The average Bonchev–Trinajstić information content (AvgIpc) is 2.79. The number of hydrogen-bond donors (Lipinski definition) is 2. The highest BCUT2D eigenvalue weighted by atomic mass is 16.4. The number of aliphatic hydroxyl groups is 1. The van der Waals surface area contributed by atoms with Gasteiger partial charge in [-0.15, -0.1) is 0 Å². The van der Waals surface area contributed by atoms with Gasteiger partial charge in [0.25, 0.3) is 0 Å². The van der Waals surface area contributed by atoms with Crippen LogP contribution in [0.2, 0.25) is 0 Å². The highest BCUT2D eigenvalue weighted by molar-refractivity contribution is 5.66. The van der Waals surface area contributed by atoms with Gasteiger partial charge in [0, 0.05) is 6.42 Å². The van der Waals surface area contributed by atoms with E-state index in [2.05, 4.69) is 6.92 Å². The van der Waals surface area contributed by atoms with E-state index in [4.69, 9.17) is 5.11 Å². The van der Waals surface area contributed by atoms with Crippen LogP contribution in [0.25, 0.3) is 0 Å². The van der Waals surface area contributed by atoms with Gasteiger partial charge >= 0.3 is 5.97 Å². The third-order valence-corrected chi connectivity index (χ3v) is 7.07. The fourth-order valence-electron chi connectivity index (χ4n) is 4.79. The summed E-state index contributed by atoms with van der Waals surface area (Å²) in [6.45, 7) is 2.26. The summed E-state index contributed by atoms with van der Waals surface area (Å²) < 4.78 is 0. The lowest BCUT2D eigenvalue weighted by Crippen LogP contribution is -2.05. The van der Waals surface area contributed by atoms with Crippen molar-refractivity contribution in [3.05, 3.63) is 0 Å². The van der Waals surface area contributed by atoms with Crippen molar-refractivity contribution in [1.29, 1.82) is 0 Å². The molecule has 0 saturated carbocycles. The largest absolute Gasteiger partial charge is 0.481 e. The van der Waals surface area contributed by atoms with E-state index < -0.39 is 5.97 Å². The van der Waals surface area contributed by atoms with Gasteiger partial charge in [-0.2, -0.15) is 0 Å².